The molecule has 0 atom stereocenters. The van der Waals surface area contributed by atoms with Crippen LogP contribution in [0, 0.1) is 0 Å². The van der Waals surface area contributed by atoms with Crippen LogP contribution in [0.4, 0.5) is 0 Å². The highest BCUT2D eigenvalue weighted by molar-refractivity contribution is 6.18. The maximum Gasteiger partial charge on any atom is 0.339 e. The first-order valence-corrected chi connectivity index (χ1v) is 6.18. The van der Waals surface area contributed by atoms with Gasteiger partial charge in [0, 0.05) is 0 Å². The first kappa shape index (κ1) is 14.2. The fourth-order valence-electron chi connectivity index (χ4n) is 1.71. The average Bonchev–Trinajstić information content (AvgIpc) is 2.39. The van der Waals surface area contributed by atoms with Crippen molar-refractivity contribution in [1.82, 2.24) is 0 Å². The lowest BCUT2D eigenvalue weighted by atomic mass is 9.96. The summed E-state index contributed by atoms with van der Waals surface area (Å²) in [6.45, 7) is 8.12. The molecule has 0 amide bonds. The van der Waals surface area contributed by atoms with Crippen LogP contribution < -0.4 is 0 Å². The monoisotopic (exact) mass is 244 g/mol. The maximum atomic E-state index is 12.1. The summed E-state index contributed by atoms with van der Waals surface area (Å²) in [6.07, 6.45) is 2.00. The number of ether oxygens (including phenoxy) is 1. The molecule has 2 nitrogen and oxygen atoms in total. The van der Waals surface area contributed by atoms with Crippen molar-refractivity contribution in [3.8, 4) is 0 Å². The zero-order chi connectivity index (χ0) is 13.5. The third-order valence-corrected chi connectivity index (χ3v) is 2.94. The lowest BCUT2D eigenvalue weighted by molar-refractivity contribution is -0.136. The fourth-order valence-corrected chi connectivity index (χ4v) is 1.71. The van der Waals surface area contributed by atoms with Gasteiger partial charge in [0.2, 0.25) is 0 Å². The first-order valence-electron chi connectivity index (χ1n) is 6.18. The van der Waals surface area contributed by atoms with Crippen molar-refractivity contribution < 1.29 is 9.53 Å². The molecule has 0 N–H and O–H groups in total. The molecule has 0 heterocycles. The number of esters is 1. The Morgan fingerprint density at radius 3 is 2.33 bits per heavy atom. The van der Waals surface area contributed by atoms with E-state index in [0.717, 1.165) is 16.7 Å². The molecule has 1 aromatic carbocycles. The molecule has 18 heavy (non-hydrogen) atoms. The van der Waals surface area contributed by atoms with Gasteiger partial charge in [-0.25, -0.2) is 4.79 Å². The molecular formula is C16H20O2. The predicted molar refractivity (Wildman–Crippen MR) is 75.1 cm³/mol. The van der Waals surface area contributed by atoms with Crippen molar-refractivity contribution in [2.45, 2.75) is 27.7 Å². The lowest BCUT2D eigenvalue weighted by Gasteiger charge is -2.12. The lowest BCUT2D eigenvalue weighted by Crippen LogP contribution is -2.09. The normalized spacial score (nSPS) is 13.0. The van der Waals surface area contributed by atoms with E-state index < -0.39 is 0 Å². The average molecular weight is 244 g/mol. The van der Waals surface area contributed by atoms with Crippen LogP contribution in [0.5, 0.6) is 0 Å². The summed E-state index contributed by atoms with van der Waals surface area (Å²) in [7, 11) is 0. The molecule has 0 aliphatic rings. The van der Waals surface area contributed by atoms with E-state index in [2.05, 4.69) is 0 Å². The molecule has 0 spiro atoms. The van der Waals surface area contributed by atoms with Gasteiger partial charge in [-0.1, -0.05) is 42.0 Å². The van der Waals surface area contributed by atoms with Crippen LogP contribution in [-0.4, -0.2) is 12.6 Å². The third kappa shape index (κ3) is 3.33. The first-order chi connectivity index (χ1) is 8.61. The molecule has 1 rings (SSSR count). The van der Waals surface area contributed by atoms with Crippen LogP contribution in [0.25, 0.3) is 5.57 Å². The number of carbonyl (C=O) groups excluding carboxylic acids is 1. The second-order valence-corrected chi connectivity index (χ2v) is 4.06. The molecule has 0 aliphatic heterocycles. The summed E-state index contributed by atoms with van der Waals surface area (Å²) in [5.41, 5.74) is 3.59. The molecular weight excluding hydrogens is 224 g/mol. The van der Waals surface area contributed by atoms with E-state index >= 15 is 0 Å². The van der Waals surface area contributed by atoms with Crippen LogP contribution in [0.2, 0.25) is 0 Å². The zero-order valence-electron chi connectivity index (χ0n) is 11.5. The molecule has 0 saturated heterocycles. The quantitative estimate of drug-likeness (QED) is 0.455. The van der Waals surface area contributed by atoms with E-state index in [4.69, 9.17) is 4.74 Å². The van der Waals surface area contributed by atoms with Gasteiger partial charge in [-0.15, -0.1) is 0 Å². The van der Waals surface area contributed by atoms with Gasteiger partial charge in [-0.05, 0) is 38.8 Å². The Morgan fingerprint density at radius 1 is 1.22 bits per heavy atom. The Hall–Kier alpha value is -1.83. The third-order valence-electron chi connectivity index (χ3n) is 2.94. The minimum atomic E-state index is -0.262. The highest BCUT2D eigenvalue weighted by Crippen LogP contribution is 2.24. The summed E-state index contributed by atoms with van der Waals surface area (Å²) >= 11 is 0. The molecule has 1 aromatic rings. The van der Waals surface area contributed by atoms with E-state index in [1.54, 1.807) is 0 Å². The Balaban J connectivity index is 3.32. The Morgan fingerprint density at radius 2 is 1.83 bits per heavy atom. The van der Waals surface area contributed by atoms with E-state index in [0.29, 0.717) is 12.2 Å². The summed E-state index contributed by atoms with van der Waals surface area (Å²) in [6, 6.07) is 9.64. The Kier molecular flexibility index (Phi) is 5.37. The van der Waals surface area contributed by atoms with E-state index in [1.165, 1.54) is 0 Å². The van der Waals surface area contributed by atoms with Crippen LogP contribution >= 0.6 is 0 Å². The minimum Gasteiger partial charge on any atom is -0.462 e. The second-order valence-electron chi connectivity index (χ2n) is 4.06. The standard InChI is InChI=1S/C16H20O2/c1-5-12(3)13(4)15(16(17)18-6-2)14-10-8-7-9-11-14/h5,7-11H,6H2,1-4H3/b12-5+,15-13+. The van der Waals surface area contributed by atoms with Crippen molar-refractivity contribution in [1.29, 1.82) is 0 Å². The smallest absolute Gasteiger partial charge is 0.339 e. The van der Waals surface area contributed by atoms with E-state index in [-0.39, 0.29) is 5.97 Å². The molecule has 2 heteroatoms. The number of hydrogen-bond acceptors (Lipinski definition) is 2. The van der Waals surface area contributed by atoms with Gasteiger partial charge < -0.3 is 4.74 Å². The van der Waals surface area contributed by atoms with Gasteiger partial charge >= 0.3 is 5.97 Å². The van der Waals surface area contributed by atoms with Crippen molar-refractivity contribution in [2.24, 2.45) is 0 Å². The second kappa shape index (κ2) is 6.80. The number of hydrogen-bond donors (Lipinski definition) is 0. The molecule has 0 radical (unpaired) electrons. The van der Waals surface area contributed by atoms with Crippen molar-refractivity contribution in [2.75, 3.05) is 6.61 Å². The summed E-state index contributed by atoms with van der Waals surface area (Å²) in [5.74, 6) is -0.262. The summed E-state index contributed by atoms with van der Waals surface area (Å²) in [5, 5.41) is 0. The zero-order valence-corrected chi connectivity index (χ0v) is 11.5. The summed E-state index contributed by atoms with van der Waals surface area (Å²) in [4.78, 5) is 12.1. The Labute approximate surface area is 109 Å². The van der Waals surface area contributed by atoms with Gasteiger partial charge in [0.05, 0.1) is 12.2 Å². The van der Waals surface area contributed by atoms with Crippen LogP contribution in [0.15, 0.2) is 47.6 Å². The van der Waals surface area contributed by atoms with Gasteiger partial charge in [-0.3, -0.25) is 0 Å². The maximum absolute atomic E-state index is 12.1. The number of rotatable bonds is 4. The van der Waals surface area contributed by atoms with Crippen LogP contribution in [0.1, 0.15) is 33.3 Å². The van der Waals surface area contributed by atoms with Crippen molar-refractivity contribution in [3.63, 3.8) is 0 Å². The fraction of sp³-hybridized carbons (Fsp3) is 0.312. The predicted octanol–water partition coefficient (Wildman–Crippen LogP) is 3.99. The molecule has 0 aromatic heterocycles. The van der Waals surface area contributed by atoms with E-state index in [9.17, 15) is 4.79 Å². The Bertz CT molecular complexity index is 467. The van der Waals surface area contributed by atoms with Gasteiger partial charge in [0.15, 0.2) is 0 Å². The highest BCUT2D eigenvalue weighted by Gasteiger charge is 2.16. The van der Waals surface area contributed by atoms with Gasteiger partial charge in [-0.2, -0.15) is 0 Å². The van der Waals surface area contributed by atoms with Crippen LogP contribution in [0.3, 0.4) is 0 Å². The molecule has 0 unspecified atom stereocenters. The van der Waals surface area contributed by atoms with Gasteiger partial charge in [0.1, 0.15) is 0 Å². The largest absolute Gasteiger partial charge is 0.462 e. The molecule has 0 aliphatic carbocycles. The highest BCUT2D eigenvalue weighted by atomic mass is 16.5. The number of benzene rings is 1. The van der Waals surface area contributed by atoms with Crippen molar-refractivity contribution in [3.05, 3.63) is 53.1 Å². The van der Waals surface area contributed by atoms with Gasteiger partial charge in [0.25, 0.3) is 0 Å². The molecule has 0 fully saturated rings. The van der Waals surface area contributed by atoms with Crippen LogP contribution in [-0.2, 0) is 9.53 Å². The number of allylic oxidation sites excluding steroid dienone is 3. The number of carbonyl (C=O) groups is 1. The minimum absolute atomic E-state index is 0.262. The van der Waals surface area contributed by atoms with E-state index in [1.807, 2.05) is 64.1 Å². The molecule has 0 saturated carbocycles. The molecule has 0 bridgehead atoms. The summed E-state index contributed by atoms with van der Waals surface area (Å²) < 4.78 is 5.15. The molecule has 96 valence electrons. The van der Waals surface area contributed by atoms with Crippen molar-refractivity contribution >= 4 is 11.5 Å². The topological polar surface area (TPSA) is 26.3 Å². The SMILES string of the molecule is C/C=C(C)/C(C)=C(/C(=O)OCC)c1ccccc1.